The van der Waals surface area contributed by atoms with Crippen molar-refractivity contribution in [3.05, 3.63) is 22.7 Å². The molecule has 0 unspecified atom stereocenters. The minimum atomic E-state index is 0.237. The second kappa shape index (κ2) is 6.89. The quantitative estimate of drug-likeness (QED) is 0.859. The van der Waals surface area contributed by atoms with Crippen molar-refractivity contribution in [2.75, 3.05) is 19.8 Å². The average Bonchev–Trinajstić information content (AvgIpc) is 2.43. The van der Waals surface area contributed by atoms with Gasteiger partial charge in [0, 0.05) is 23.7 Å². The summed E-state index contributed by atoms with van der Waals surface area (Å²) < 4.78 is 11.2. The molecule has 0 atom stereocenters. The van der Waals surface area contributed by atoms with Crippen molar-refractivity contribution in [3.8, 4) is 11.5 Å². The number of ether oxygens (including phenoxy) is 2. The van der Waals surface area contributed by atoms with Gasteiger partial charge in [0.1, 0.15) is 13.2 Å². The van der Waals surface area contributed by atoms with E-state index in [2.05, 4.69) is 33.0 Å². The maximum Gasteiger partial charge on any atom is 0.162 e. The molecule has 3 nitrogen and oxygen atoms in total. The smallest absolute Gasteiger partial charge is 0.162 e. The van der Waals surface area contributed by atoms with Gasteiger partial charge in [0.15, 0.2) is 11.5 Å². The van der Waals surface area contributed by atoms with Crippen LogP contribution in [0.3, 0.4) is 0 Å². The minimum absolute atomic E-state index is 0.237. The van der Waals surface area contributed by atoms with E-state index in [0.717, 1.165) is 41.5 Å². The lowest BCUT2D eigenvalue weighted by Crippen LogP contribution is -2.34. The molecule has 0 aliphatic carbocycles. The lowest BCUT2D eigenvalue weighted by Gasteiger charge is -2.27. The molecule has 1 aromatic carbocycles. The van der Waals surface area contributed by atoms with E-state index in [1.165, 1.54) is 0 Å². The van der Waals surface area contributed by atoms with Crippen LogP contribution in [0.15, 0.2) is 12.1 Å². The van der Waals surface area contributed by atoms with Gasteiger partial charge in [-0.3, -0.25) is 0 Å². The van der Waals surface area contributed by atoms with E-state index in [0.29, 0.717) is 19.3 Å². The van der Waals surface area contributed by atoms with Crippen molar-refractivity contribution in [2.45, 2.75) is 46.6 Å². The van der Waals surface area contributed by atoms with Crippen LogP contribution < -0.4 is 14.8 Å². The summed E-state index contributed by atoms with van der Waals surface area (Å²) in [5, 5.41) is 4.28. The summed E-state index contributed by atoms with van der Waals surface area (Å²) in [5.41, 5.74) is 1.37. The fourth-order valence-corrected chi connectivity index (χ4v) is 2.59. The lowest BCUT2D eigenvalue weighted by atomic mass is 9.86. The van der Waals surface area contributed by atoms with E-state index in [4.69, 9.17) is 21.1 Å². The third kappa shape index (κ3) is 4.79. The molecule has 0 fully saturated rings. The first-order valence-corrected chi connectivity index (χ1v) is 8.06. The summed E-state index contributed by atoms with van der Waals surface area (Å²) >= 11 is 6.37. The van der Waals surface area contributed by atoms with Gasteiger partial charge < -0.3 is 14.8 Å². The average molecular weight is 312 g/mol. The maximum absolute atomic E-state index is 6.37. The molecule has 1 aliphatic rings. The number of hydrogen-bond acceptors (Lipinski definition) is 3. The molecule has 0 amide bonds. The van der Waals surface area contributed by atoms with Crippen molar-refractivity contribution < 1.29 is 9.47 Å². The zero-order valence-electron chi connectivity index (χ0n) is 13.5. The molecule has 1 aromatic rings. The molecule has 0 spiro atoms. The molecule has 4 heteroatoms. The first-order chi connectivity index (χ1) is 9.87. The normalized spacial score (nSPS) is 14.6. The summed E-state index contributed by atoms with van der Waals surface area (Å²) in [6.07, 6.45) is 2.02. The van der Waals surface area contributed by atoms with E-state index in [9.17, 15) is 0 Å². The van der Waals surface area contributed by atoms with Crippen LogP contribution in [0.2, 0.25) is 5.02 Å². The Balaban J connectivity index is 1.99. The molecule has 2 rings (SSSR count). The van der Waals surface area contributed by atoms with Crippen LogP contribution in [0.25, 0.3) is 0 Å². The minimum Gasteiger partial charge on any atom is -0.486 e. The molecule has 0 aromatic heterocycles. The van der Waals surface area contributed by atoms with Gasteiger partial charge in [0.25, 0.3) is 0 Å². The Morgan fingerprint density at radius 3 is 2.43 bits per heavy atom. The third-order valence-corrected chi connectivity index (χ3v) is 4.12. The zero-order valence-corrected chi connectivity index (χ0v) is 14.2. The molecule has 1 heterocycles. The van der Waals surface area contributed by atoms with Crippen molar-refractivity contribution in [1.29, 1.82) is 0 Å². The first kappa shape index (κ1) is 16.4. The SMILES string of the molecule is CC(C)NCC(C)(C)CCc1cc2c(cc1Cl)OCCO2. The highest BCUT2D eigenvalue weighted by Gasteiger charge is 2.20. The predicted octanol–water partition coefficient (Wildman–Crippen LogP) is 4.07. The lowest BCUT2D eigenvalue weighted by molar-refractivity contribution is 0.171. The van der Waals surface area contributed by atoms with Crippen LogP contribution in [-0.2, 0) is 6.42 Å². The fourth-order valence-electron chi connectivity index (χ4n) is 2.34. The Morgan fingerprint density at radius 2 is 1.81 bits per heavy atom. The number of nitrogens with one attached hydrogen (secondary N) is 1. The van der Waals surface area contributed by atoms with Gasteiger partial charge in [0.05, 0.1) is 0 Å². The second-order valence-electron chi connectivity index (χ2n) is 6.79. The summed E-state index contributed by atoms with van der Waals surface area (Å²) in [6.45, 7) is 11.1. The van der Waals surface area contributed by atoms with Crippen molar-refractivity contribution in [1.82, 2.24) is 5.32 Å². The summed E-state index contributed by atoms with van der Waals surface area (Å²) in [4.78, 5) is 0. The van der Waals surface area contributed by atoms with Gasteiger partial charge in [-0.05, 0) is 29.9 Å². The van der Waals surface area contributed by atoms with Crippen LogP contribution in [0.4, 0.5) is 0 Å². The van der Waals surface area contributed by atoms with Crippen molar-refractivity contribution >= 4 is 11.6 Å². The number of halogens is 1. The highest BCUT2D eigenvalue weighted by Crippen LogP contribution is 2.36. The number of benzene rings is 1. The van der Waals surface area contributed by atoms with Crippen molar-refractivity contribution in [2.24, 2.45) is 5.41 Å². The van der Waals surface area contributed by atoms with E-state index in [1.807, 2.05) is 12.1 Å². The van der Waals surface area contributed by atoms with Gasteiger partial charge in [0.2, 0.25) is 0 Å². The summed E-state index contributed by atoms with van der Waals surface area (Å²) in [6, 6.07) is 4.43. The van der Waals surface area contributed by atoms with E-state index in [-0.39, 0.29) is 5.41 Å². The van der Waals surface area contributed by atoms with Crippen molar-refractivity contribution in [3.63, 3.8) is 0 Å². The van der Waals surface area contributed by atoms with Gasteiger partial charge in [-0.1, -0.05) is 39.3 Å². The molecule has 118 valence electrons. The molecule has 0 saturated heterocycles. The maximum atomic E-state index is 6.37. The van der Waals surface area contributed by atoms with Gasteiger partial charge in [-0.25, -0.2) is 0 Å². The van der Waals surface area contributed by atoms with Gasteiger partial charge >= 0.3 is 0 Å². The molecule has 0 radical (unpaired) electrons. The Kier molecular flexibility index (Phi) is 5.39. The Hall–Kier alpha value is -0.930. The molecular formula is C17H26ClNO2. The summed E-state index contributed by atoms with van der Waals surface area (Å²) in [5.74, 6) is 1.58. The highest BCUT2D eigenvalue weighted by molar-refractivity contribution is 6.31. The largest absolute Gasteiger partial charge is 0.486 e. The second-order valence-corrected chi connectivity index (χ2v) is 7.19. The highest BCUT2D eigenvalue weighted by atomic mass is 35.5. The van der Waals surface area contributed by atoms with Gasteiger partial charge in [-0.15, -0.1) is 0 Å². The number of hydrogen-bond donors (Lipinski definition) is 1. The molecule has 0 saturated carbocycles. The predicted molar refractivity (Wildman–Crippen MR) is 87.7 cm³/mol. The van der Waals surface area contributed by atoms with Gasteiger partial charge in [-0.2, -0.15) is 0 Å². The van der Waals surface area contributed by atoms with E-state index in [1.54, 1.807) is 0 Å². The van der Waals surface area contributed by atoms with Crippen LogP contribution in [0.5, 0.6) is 11.5 Å². The molecule has 0 bridgehead atoms. The number of aryl methyl sites for hydroxylation is 1. The third-order valence-electron chi connectivity index (χ3n) is 3.77. The molecule has 1 aliphatic heterocycles. The molecular weight excluding hydrogens is 286 g/mol. The molecule has 21 heavy (non-hydrogen) atoms. The standard InChI is InChI=1S/C17H26ClNO2/c1-12(2)19-11-17(3,4)6-5-13-9-15-16(10-14(13)18)21-8-7-20-15/h9-10,12,19H,5-8,11H2,1-4H3. The topological polar surface area (TPSA) is 30.5 Å². The first-order valence-electron chi connectivity index (χ1n) is 7.69. The Bertz CT molecular complexity index is 486. The Labute approximate surface area is 133 Å². The van der Waals surface area contributed by atoms with Crippen LogP contribution >= 0.6 is 11.6 Å². The molecule has 1 N–H and O–H groups in total. The summed E-state index contributed by atoms with van der Waals surface area (Å²) in [7, 11) is 0. The van der Waals surface area contributed by atoms with Crippen LogP contribution in [0.1, 0.15) is 39.7 Å². The van der Waals surface area contributed by atoms with Crippen LogP contribution in [-0.4, -0.2) is 25.8 Å². The van der Waals surface area contributed by atoms with E-state index >= 15 is 0 Å². The number of rotatable bonds is 6. The number of fused-ring (bicyclic) bond motifs is 1. The Morgan fingerprint density at radius 1 is 1.19 bits per heavy atom. The van der Waals surface area contributed by atoms with E-state index < -0.39 is 0 Å². The zero-order chi connectivity index (χ0) is 15.5. The van der Waals surface area contributed by atoms with Crippen LogP contribution in [0, 0.1) is 5.41 Å². The fraction of sp³-hybridized carbons (Fsp3) is 0.647. The monoisotopic (exact) mass is 311 g/mol.